The molecule has 0 aliphatic carbocycles. The highest BCUT2D eigenvalue weighted by Gasteiger charge is 2.26. The van der Waals surface area contributed by atoms with Crippen LogP contribution in [0.2, 0.25) is 0 Å². The number of amides is 1. The van der Waals surface area contributed by atoms with Crippen LogP contribution in [0.3, 0.4) is 0 Å². The molecule has 16 heteroatoms. The molecule has 5 N–H and O–H groups in total. The Hall–Kier alpha value is -9.35. The van der Waals surface area contributed by atoms with Crippen molar-refractivity contribution >= 4 is 51.1 Å². The Bertz CT molecular complexity index is 3540. The molecule has 0 saturated carbocycles. The molecule has 4 heterocycles. The number of anilines is 3. The van der Waals surface area contributed by atoms with Gasteiger partial charge in [0.1, 0.15) is 35.8 Å². The van der Waals surface area contributed by atoms with E-state index in [-0.39, 0.29) is 30.9 Å². The van der Waals surface area contributed by atoms with Gasteiger partial charge in [0.05, 0.1) is 41.0 Å². The second kappa shape index (κ2) is 23.3. The number of nitrogens with zero attached hydrogens (tertiary/aromatic N) is 6. The lowest BCUT2D eigenvalue weighted by Crippen LogP contribution is -2.16. The maximum absolute atomic E-state index is 12.5. The van der Waals surface area contributed by atoms with E-state index in [9.17, 15) is 25.1 Å². The van der Waals surface area contributed by atoms with Gasteiger partial charge in [0, 0.05) is 52.7 Å². The third-order valence-electron chi connectivity index (χ3n) is 11.9. The summed E-state index contributed by atoms with van der Waals surface area (Å²) in [6, 6.07) is 51.7. The van der Waals surface area contributed by atoms with Crippen LogP contribution in [-0.4, -0.2) is 79.7 Å². The first-order valence-corrected chi connectivity index (χ1v) is 23.7. The molecule has 0 spiro atoms. The highest BCUT2D eigenvalue weighted by molar-refractivity contribution is 6.08. The number of rotatable bonds is 17. The molecule has 74 heavy (non-hydrogen) atoms. The van der Waals surface area contributed by atoms with E-state index < -0.39 is 11.0 Å². The van der Waals surface area contributed by atoms with Gasteiger partial charge in [0.15, 0.2) is 0 Å². The monoisotopic (exact) mass is 985 g/mol. The predicted octanol–water partition coefficient (Wildman–Crippen LogP) is 11.4. The van der Waals surface area contributed by atoms with Crippen LogP contribution < -0.4 is 16.0 Å². The van der Waals surface area contributed by atoms with Crippen molar-refractivity contribution in [1.82, 2.24) is 24.8 Å². The average molecular weight is 986 g/mol. The fraction of sp³-hybridized carbons (Fsp3) is 0.121. The molecule has 16 nitrogen and oxygen atoms in total. The lowest BCUT2D eigenvalue weighted by atomic mass is 9.98. The van der Waals surface area contributed by atoms with E-state index >= 15 is 0 Å². The van der Waals surface area contributed by atoms with Gasteiger partial charge in [-0.05, 0) is 48.5 Å². The van der Waals surface area contributed by atoms with E-state index in [0.717, 1.165) is 33.4 Å². The van der Waals surface area contributed by atoms with Gasteiger partial charge in [-0.15, -0.1) is 0 Å². The number of carbonyl (C=O) groups is 1. The van der Waals surface area contributed by atoms with Crippen LogP contribution in [0.1, 0.15) is 23.2 Å². The minimum atomic E-state index is -0.430. The summed E-state index contributed by atoms with van der Waals surface area (Å²) in [5.74, 6) is 1.95. The molecule has 10 rings (SSSR count). The minimum absolute atomic E-state index is 0.0326. The van der Waals surface area contributed by atoms with Crippen molar-refractivity contribution in [2.75, 3.05) is 49.8 Å². The molecular formula is C58H51N9O7. The molecule has 2 atom stereocenters. The van der Waals surface area contributed by atoms with Gasteiger partial charge < -0.3 is 39.9 Å². The van der Waals surface area contributed by atoms with Gasteiger partial charge in [-0.3, -0.25) is 14.9 Å². The number of likely N-dealkylation sites (N-methyl/N-ethyl adjacent to an activating group) is 1. The number of aromatic nitrogens is 4. The Morgan fingerprint density at radius 2 is 1.05 bits per heavy atom. The molecule has 0 fully saturated rings. The van der Waals surface area contributed by atoms with E-state index in [4.69, 9.17) is 8.83 Å². The highest BCUT2D eigenvalue weighted by atomic mass is 16.6. The number of non-ortho nitro benzene ring substituents is 1. The van der Waals surface area contributed by atoms with E-state index in [2.05, 4.69) is 35.9 Å². The van der Waals surface area contributed by atoms with E-state index in [1.807, 2.05) is 171 Å². The maximum Gasteiger partial charge on any atom is 0.270 e. The fourth-order valence-corrected chi connectivity index (χ4v) is 8.47. The molecule has 10 aromatic rings. The quantitative estimate of drug-likeness (QED) is 0.0326. The first-order valence-electron chi connectivity index (χ1n) is 23.7. The van der Waals surface area contributed by atoms with Gasteiger partial charge >= 0.3 is 0 Å². The van der Waals surface area contributed by atoms with Crippen molar-refractivity contribution in [2.45, 2.75) is 12.1 Å². The second-order valence-corrected chi connectivity index (χ2v) is 17.3. The molecule has 370 valence electrons. The number of benzene rings is 6. The van der Waals surface area contributed by atoms with Gasteiger partial charge in [0.2, 0.25) is 17.3 Å². The van der Waals surface area contributed by atoms with Crippen LogP contribution in [0, 0.1) is 10.1 Å². The number of nitro benzene ring substituents is 1. The van der Waals surface area contributed by atoms with Gasteiger partial charge in [-0.25, -0.2) is 19.9 Å². The van der Waals surface area contributed by atoms with E-state index in [1.165, 1.54) is 30.9 Å². The number of aliphatic hydroxyl groups excluding tert-OH is 2. The zero-order valence-corrected chi connectivity index (χ0v) is 40.4. The largest absolute Gasteiger partial charge is 0.437 e. The van der Waals surface area contributed by atoms with Crippen molar-refractivity contribution in [2.24, 2.45) is 0 Å². The Labute approximate surface area is 425 Å². The summed E-state index contributed by atoms with van der Waals surface area (Å²) < 4.78 is 12.5. The first-order chi connectivity index (χ1) is 36.2. The standard InChI is InChI=1S/C32H31N5O3.C26H20N4O4/c1-37(2)18-10-17-27(39)35-25-16-9-15-24(19-25)28-29-31(36-26(20-38)22-11-5-3-6-12-22)33-21-34-32(29)40-30(28)23-13-7-4-8-14-23;31-15-21(17-8-3-1-4-9-17)29-25-23-22(19-12-7-13-20(14-19)30(32)33)24(18-10-5-2-6-11-18)34-26(23)28-16-27-25/h3-17,19,21,26,38H,18,20H2,1-2H3,(H,35,39)(H,33,34,36);1-14,16,21,31H,15H2,(H,27,28,29)/b17-10+;/t26-;21-/m11/s1. The number of nitro groups is 1. The Balaban J connectivity index is 0.000000184. The Kier molecular flexibility index (Phi) is 15.6. The van der Waals surface area contributed by atoms with Crippen LogP contribution >= 0.6 is 0 Å². The van der Waals surface area contributed by atoms with Crippen LogP contribution in [0.15, 0.2) is 203 Å². The molecule has 0 radical (unpaired) electrons. The number of nitrogens with one attached hydrogen (secondary N) is 3. The maximum atomic E-state index is 12.5. The Morgan fingerprint density at radius 1 is 0.608 bits per heavy atom. The molecule has 0 aliphatic rings. The second-order valence-electron chi connectivity index (χ2n) is 17.3. The zero-order chi connectivity index (χ0) is 51.4. The summed E-state index contributed by atoms with van der Waals surface area (Å²) in [4.78, 5) is 43.3. The summed E-state index contributed by atoms with van der Waals surface area (Å²) in [6.07, 6.45) is 6.18. The third kappa shape index (κ3) is 11.4. The van der Waals surface area contributed by atoms with Gasteiger partial charge in [-0.1, -0.05) is 152 Å². The first kappa shape index (κ1) is 49.6. The average Bonchev–Trinajstić information content (AvgIpc) is 4.04. The van der Waals surface area contributed by atoms with Crippen molar-refractivity contribution in [3.8, 4) is 44.9 Å². The van der Waals surface area contributed by atoms with E-state index in [1.54, 1.807) is 12.1 Å². The predicted molar refractivity (Wildman–Crippen MR) is 288 cm³/mol. The molecule has 4 aromatic heterocycles. The van der Waals surface area contributed by atoms with Crippen molar-refractivity contribution in [3.05, 3.63) is 216 Å². The van der Waals surface area contributed by atoms with Crippen LogP contribution in [0.5, 0.6) is 0 Å². The number of fused-ring (bicyclic) bond motifs is 2. The van der Waals surface area contributed by atoms with Crippen LogP contribution in [-0.2, 0) is 4.79 Å². The summed E-state index contributed by atoms with van der Waals surface area (Å²) in [7, 11) is 3.89. The summed E-state index contributed by atoms with van der Waals surface area (Å²) in [5.41, 5.74) is 7.71. The van der Waals surface area contributed by atoms with Crippen molar-refractivity contribution in [3.63, 3.8) is 0 Å². The molecule has 0 unspecified atom stereocenters. The number of aliphatic hydroxyl groups is 2. The number of hydrogen-bond donors (Lipinski definition) is 5. The Morgan fingerprint density at radius 3 is 1.51 bits per heavy atom. The van der Waals surface area contributed by atoms with Gasteiger partial charge in [0.25, 0.3) is 5.69 Å². The summed E-state index contributed by atoms with van der Waals surface area (Å²) in [5, 5.41) is 42.7. The third-order valence-corrected chi connectivity index (χ3v) is 11.9. The normalized spacial score (nSPS) is 12.1. The molecule has 0 aliphatic heterocycles. The number of hydrogen-bond acceptors (Lipinski definition) is 14. The summed E-state index contributed by atoms with van der Waals surface area (Å²) >= 11 is 0. The number of carbonyl (C=O) groups excluding carboxylic acids is 1. The minimum Gasteiger partial charge on any atom is -0.437 e. The molecule has 0 saturated heterocycles. The molecule has 1 amide bonds. The van der Waals surface area contributed by atoms with E-state index in [0.29, 0.717) is 68.7 Å². The molecular weight excluding hydrogens is 935 g/mol. The van der Waals surface area contributed by atoms with Crippen LogP contribution in [0.4, 0.5) is 23.0 Å². The lowest BCUT2D eigenvalue weighted by Gasteiger charge is -2.18. The zero-order valence-electron chi connectivity index (χ0n) is 40.4. The molecule has 0 bridgehead atoms. The molecule has 6 aromatic carbocycles. The van der Waals surface area contributed by atoms with Crippen LogP contribution in [0.25, 0.3) is 67.1 Å². The van der Waals surface area contributed by atoms with Crippen molar-refractivity contribution < 1.29 is 28.8 Å². The fourth-order valence-electron chi connectivity index (χ4n) is 8.47. The van der Waals surface area contributed by atoms with Gasteiger partial charge in [-0.2, -0.15) is 0 Å². The lowest BCUT2D eigenvalue weighted by molar-refractivity contribution is -0.384. The van der Waals surface area contributed by atoms with Crippen molar-refractivity contribution in [1.29, 1.82) is 0 Å². The topological polar surface area (TPSA) is 218 Å². The highest BCUT2D eigenvalue weighted by Crippen LogP contribution is 2.45. The summed E-state index contributed by atoms with van der Waals surface area (Å²) in [6.45, 7) is 0.380. The number of furan rings is 2. The smallest absolute Gasteiger partial charge is 0.270 e. The SMILES string of the molecule is CN(C)C/C=C/C(=O)Nc1cccc(-c2c(-c3ccccc3)oc3ncnc(N[C@H](CO)c4ccccc4)c23)c1.O=[N+]([O-])c1cccc(-c2c(-c3ccccc3)oc3ncnc(N[C@H](CO)c4ccccc4)c23)c1.